The minimum atomic E-state index is -1.77. The van der Waals surface area contributed by atoms with Crippen LogP contribution in [0.15, 0.2) is 59.6 Å². The molecule has 2 aromatic rings. The molecular weight excluding hydrogens is 706 g/mol. The normalized spacial score (nSPS) is 15.8. The van der Waals surface area contributed by atoms with Crippen LogP contribution in [0.2, 0.25) is 0 Å². The van der Waals surface area contributed by atoms with E-state index in [1.165, 1.54) is 29.2 Å². The molecule has 5 amide bonds. The van der Waals surface area contributed by atoms with E-state index in [-0.39, 0.29) is 50.5 Å². The smallest absolute Gasteiger partial charge is 0.326 e. The number of benzene rings is 2. The first kappa shape index (κ1) is 42.2. The maximum absolute atomic E-state index is 13.9. The average Bonchev–Trinajstić information content (AvgIpc) is 3.63. The van der Waals surface area contributed by atoms with Gasteiger partial charge < -0.3 is 58.7 Å². The summed E-state index contributed by atoms with van der Waals surface area (Å²) in [5.74, 6) is -7.16. The lowest BCUT2D eigenvalue weighted by Gasteiger charge is -2.28. The fourth-order valence-electron chi connectivity index (χ4n) is 5.82. The molecule has 13 N–H and O–H groups in total. The highest BCUT2D eigenvalue weighted by atomic mass is 16.4. The van der Waals surface area contributed by atoms with Gasteiger partial charge in [-0.25, -0.2) is 4.79 Å². The number of hydrogen-bond acceptors (Lipinski definition) is 10. The zero-order chi connectivity index (χ0) is 39.8. The summed E-state index contributed by atoms with van der Waals surface area (Å²) in [6.45, 7) is 0.0776. The first-order valence-corrected chi connectivity index (χ1v) is 17.2. The molecule has 54 heavy (non-hydrogen) atoms. The number of nitrogens with two attached hydrogens (primary N) is 3. The predicted octanol–water partition coefficient (Wildman–Crippen LogP) is -2.32. The van der Waals surface area contributed by atoms with Crippen molar-refractivity contribution >= 4 is 47.4 Å². The Morgan fingerprint density at radius 1 is 0.778 bits per heavy atom. The molecule has 5 atom stereocenters. The van der Waals surface area contributed by atoms with Gasteiger partial charge in [0, 0.05) is 25.9 Å². The molecule has 1 fully saturated rings. The number of hydrogen-bond donors (Lipinski definition) is 10. The first-order valence-electron chi connectivity index (χ1n) is 17.2. The van der Waals surface area contributed by atoms with Crippen molar-refractivity contribution in [1.29, 1.82) is 0 Å². The number of aliphatic imine (C=N–C) groups is 1. The highest BCUT2D eigenvalue weighted by Gasteiger charge is 2.37. The number of rotatable bonds is 20. The fourth-order valence-corrected chi connectivity index (χ4v) is 5.82. The Kier molecular flexibility index (Phi) is 16.2. The van der Waals surface area contributed by atoms with Crippen LogP contribution in [0.4, 0.5) is 0 Å². The van der Waals surface area contributed by atoms with E-state index in [1.54, 1.807) is 30.3 Å². The van der Waals surface area contributed by atoms with E-state index in [0.717, 1.165) is 0 Å². The lowest BCUT2D eigenvalue weighted by molar-refractivity contribution is -0.143. The van der Waals surface area contributed by atoms with E-state index >= 15 is 0 Å². The second-order valence-corrected chi connectivity index (χ2v) is 12.6. The zero-order valence-corrected chi connectivity index (χ0v) is 29.5. The van der Waals surface area contributed by atoms with Gasteiger partial charge in [0.1, 0.15) is 36.0 Å². The van der Waals surface area contributed by atoms with E-state index in [2.05, 4.69) is 26.3 Å². The van der Waals surface area contributed by atoms with E-state index < -0.39 is 78.1 Å². The first-order chi connectivity index (χ1) is 25.7. The molecule has 1 heterocycles. The monoisotopic (exact) mass is 753 g/mol. The molecular formula is C35H47N9O10. The second kappa shape index (κ2) is 20.7. The number of carboxylic acids is 2. The molecule has 1 aliphatic rings. The van der Waals surface area contributed by atoms with Crippen molar-refractivity contribution in [2.45, 2.75) is 75.2 Å². The maximum atomic E-state index is 13.9. The third kappa shape index (κ3) is 13.4. The molecule has 0 radical (unpaired) electrons. The molecule has 0 saturated carbocycles. The predicted molar refractivity (Wildman–Crippen MR) is 193 cm³/mol. The van der Waals surface area contributed by atoms with Crippen molar-refractivity contribution in [3.63, 3.8) is 0 Å². The molecule has 19 nitrogen and oxygen atoms in total. The molecule has 2 aromatic carbocycles. The highest BCUT2D eigenvalue weighted by Crippen LogP contribution is 2.18. The lowest BCUT2D eigenvalue weighted by atomic mass is 10.0. The van der Waals surface area contributed by atoms with Crippen molar-refractivity contribution < 1.29 is 48.9 Å². The van der Waals surface area contributed by atoms with Crippen molar-refractivity contribution in [1.82, 2.24) is 26.2 Å². The molecule has 292 valence electrons. The molecule has 0 spiro atoms. The van der Waals surface area contributed by atoms with Gasteiger partial charge in [-0.05, 0) is 48.9 Å². The minimum Gasteiger partial charge on any atom is -0.508 e. The third-order valence-corrected chi connectivity index (χ3v) is 8.55. The number of nitrogens with one attached hydrogen (secondary N) is 4. The Balaban J connectivity index is 1.87. The number of aliphatic carboxylic acids is 2. The van der Waals surface area contributed by atoms with E-state index in [1.807, 2.05) is 0 Å². The van der Waals surface area contributed by atoms with Crippen LogP contribution in [0.25, 0.3) is 0 Å². The summed E-state index contributed by atoms with van der Waals surface area (Å²) < 4.78 is 0. The van der Waals surface area contributed by atoms with Crippen molar-refractivity contribution in [2.24, 2.45) is 22.2 Å². The van der Waals surface area contributed by atoms with Crippen LogP contribution < -0.4 is 38.5 Å². The number of phenols is 1. The second-order valence-electron chi connectivity index (χ2n) is 12.6. The van der Waals surface area contributed by atoms with Crippen LogP contribution in [-0.2, 0) is 46.4 Å². The molecule has 5 unspecified atom stereocenters. The van der Waals surface area contributed by atoms with Crippen LogP contribution in [0.5, 0.6) is 5.75 Å². The Morgan fingerprint density at radius 2 is 1.35 bits per heavy atom. The highest BCUT2D eigenvalue weighted by molar-refractivity contribution is 5.97. The van der Waals surface area contributed by atoms with Crippen LogP contribution in [-0.4, -0.2) is 117 Å². The largest absolute Gasteiger partial charge is 0.508 e. The van der Waals surface area contributed by atoms with Gasteiger partial charge in [-0.2, -0.15) is 0 Å². The Bertz CT molecular complexity index is 1670. The van der Waals surface area contributed by atoms with Gasteiger partial charge in [-0.1, -0.05) is 42.5 Å². The van der Waals surface area contributed by atoms with Crippen molar-refractivity contribution in [3.8, 4) is 5.75 Å². The van der Waals surface area contributed by atoms with Crippen LogP contribution in [0, 0.1) is 0 Å². The summed E-state index contributed by atoms with van der Waals surface area (Å²) in [5, 5.41) is 39.0. The molecule has 1 aliphatic heterocycles. The van der Waals surface area contributed by atoms with Gasteiger partial charge in [-0.3, -0.25) is 33.8 Å². The van der Waals surface area contributed by atoms with E-state index in [4.69, 9.17) is 17.2 Å². The van der Waals surface area contributed by atoms with Crippen LogP contribution in [0.1, 0.15) is 43.2 Å². The lowest BCUT2D eigenvalue weighted by Crippen LogP contribution is -2.59. The number of carboxylic acid groups (broad SMARTS) is 2. The topological polar surface area (TPSA) is 322 Å². The number of carbonyl (C=O) groups is 7. The number of nitrogens with zero attached hydrogens (tertiary/aromatic N) is 2. The molecule has 0 bridgehead atoms. The Labute approximate surface area is 310 Å². The molecule has 1 saturated heterocycles. The molecule has 0 aromatic heterocycles. The summed E-state index contributed by atoms with van der Waals surface area (Å²) in [4.78, 5) is 95.9. The van der Waals surface area contributed by atoms with Crippen molar-refractivity contribution in [3.05, 3.63) is 65.7 Å². The average molecular weight is 754 g/mol. The molecule has 19 heteroatoms. The van der Waals surface area contributed by atoms with E-state index in [9.17, 15) is 48.9 Å². The zero-order valence-electron chi connectivity index (χ0n) is 29.5. The maximum Gasteiger partial charge on any atom is 0.326 e. The van der Waals surface area contributed by atoms with Gasteiger partial charge in [0.2, 0.25) is 29.5 Å². The summed E-state index contributed by atoms with van der Waals surface area (Å²) in [7, 11) is 0. The van der Waals surface area contributed by atoms with Gasteiger partial charge in [-0.15, -0.1) is 0 Å². The summed E-state index contributed by atoms with van der Waals surface area (Å²) in [5.41, 5.74) is 17.4. The third-order valence-electron chi connectivity index (χ3n) is 8.55. The van der Waals surface area contributed by atoms with Gasteiger partial charge in [0.25, 0.3) is 0 Å². The Morgan fingerprint density at radius 3 is 1.96 bits per heavy atom. The number of phenolic OH excluding ortho intramolecular Hbond substituents is 1. The molecule has 0 aliphatic carbocycles. The number of amides is 5. The van der Waals surface area contributed by atoms with Gasteiger partial charge in [0.05, 0.1) is 13.0 Å². The number of carbonyl (C=O) groups excluding carboxylic acids is 5. The fraction of sp³-hybridized carbons (Fsp3) is 0.429. The summed E-state index contributed by atoms with van der Waals surface area (Å²) in [6.07, 6.45) is -0.238. The SMILES string of the molecule is NCC(=O)N1CCCC1C(=O)NC(CCCN=C(N)N)C(=O)NC(Cc1ccc(O)cc1)C(=O)NC(CC(=O)O)C(=O)NC(Cc1ccccc1)C(=O)O. The number of aromatic hydroxyl groups is 1. The van der Waals surface area contributed by atoms with Crippen LogP contribution in [0.3, 0.4) is 0 Å². The quantitative estimate of drug-likeness (QED) is 0.0386. The molecule has 3 rings (SSSR count). The number of guanidine groups is 1. The minimum absolute atomic E-state index is 0.0124. The van der Waals surface area contributed by atoms with Crippen LogP contribution >= 0.6 is 0 Å². The van der Waals surface area contributed by atoms with Gasteiger partial charge in [0.15, 0.2) is 5.96 Å². The number of likely N-dealkylation sites (tertiary alicyclic amines) is 1. The summed E-state index contributed by atoms with van der Waals surface area (Å²) in [6, 6.07) is 7.12. The standard InChI is InChI=1S/C35H47N9O10/c36-19-28(46)44-15-5-9-27(44)33(52)40-23(8-4-14-39-35(37)38)30(49)41-24(16-21-10-12-22(45)13-11-21)31(50)42-25(18-29(47)48)32(51)43-26(34(53)54)17-20-6-2-1-3-7-20/h1-3,6-7,10-13,23-27,45H,4-5,8-9,14-19,36H2,(H,40,52)(H,41,49)(H,42,50)(H,43,51)(H,47,48)(H,53,54)(H4,37,38,39). The Hall–Kier alpha value is -6.24. The van der Waals surface area contributed by atoms with Gasteiger partial charge >= 0.3 is 11.9 Å². The van der Waals surface area contributed by atoms with Crippen molar-refractivity contribution in [2.75, 3.05) is 19.6 Å². The summed E-state index contributed by atoms with van der Waals surface area (Å²) >= 11 is 0. The van der Waals surface area contributed by atoms with E-state index in [0.29, 0.717) is 30.5 Å².